The van der Waals surface area contributed by atoms with Gasteiger partial charge in [0, 0.05) is 37.6 Å². The van der Waals surface area contributed by atoms with E-state index in [1.54, 1.807) is 17.0 Å². The first-order valence-electron chi connectivity index (χ1n) is 9.47. The molecule has 1 aliphatic heterocycles. The Morgan fingerprint density at radius 3 is 2.17 bits per heavy atom. The van der Waals surface area contributed by atoms with Crippen molar-refractivity contribution in [3.05, 3.63) is 46.8 Å². The summed E-state index contributed by atoms with van der Waals surface area (Å²) in [5, 5.41) is 0.590. The molecule has 29 heavy (non-hydrogen) atoms. The third-order valence-electron chi connectivity index (χ3n) is 4.99. The number of aryl methyl sites for hydroxylation is 4. The smallest absolute Gasteiger partial charge is 0.243 e. The number of rotatable bonds is 5. The van der Waals surface area contributed by atoms with E-state index in [-0.39, 0.29) is 11.7 Å². The van der Waals surface area contributed by atoms with Gasteiger partial charge in [0.25, 0.3) is 0 Å². The number of amides is 1. The van der Waals surface area contributed by atoms with Crippen molar-refractivity contribution in [1.82, 2.24) is 19.2 Å². The molecule has 1 aromatic heterocycles. The molecule has 2 aromatic rings. The highest BCUT2D eigenvalue weighted by Gasteiger charge is 2.30. The highest BCUT2D eigenvalue weighted by molar-refractivity contribution is 7.99. The van der Waals surface area contributed by atoms with E-state index in [0.717, 1.165) is 22.5 Å². The largest absolute Gasteiger partial charge is 0.339 e. The Balaban J connectivity index is 1.58. The number of thioether (sulfide) groups is 1. The highest BCUT2D eigenvalue weighted by Crippen LogP contribution is 2.21. The third-order valence-corrected chi connectivity index (χ3v) is 7.72. The molecule has 0 spiro atoms. The molecule has 0 aliphatic carbocycles. The van der Waals surface area contributed by atoms with Gasteiger partial charge in [0.2, 0.25) is 15.9 Å². The van der Waals surface area contributed by atoms with Crippen molar-refractivity contribution < 1.29 is 13.2 Å². The molecule has 2 heterocycles. The number of hydrogen-bond donors (Lipinski definition) is 0. The van der Waals surface area contributed by atoms with Gasteiger partial charge in [0.15, 0.2) is 5.16 Å². The minimum absolute atomic E-state index is 0.0269. The van der Waals surface area contributed by atoms with E-state index in [2.05, 4.69) is 9.97 Å². The molecule has 0 radical (unpaired) electrons. The lowest BCUT2D eigenvalue weighted by molar-refractivity contribution is -0.129. The zero-order valence-corrected chi connectivity index (χ0v) is 18.8. The van der Waals surface area contributed by atoms with Crippen LogP contribution in [0.15, 0.2) is 34.3 Å². The average Bonchev–Trinajstić information content (AvgIpc) is 2.67. The zero-order valence-electron chi connectivity index (χ0n) is 17.2. The van der Waals surface area contributed by atoms with Crippen LogP contribution in [0.4, 0.5) is 0 Å². The van der Waals surface area contributed by atoms with Crippen molar-refractivity contribution >= 4 is 27.7 Å². The Kier molecular flexibility index (Phi) is 6.60. The number of hydrogen-bond acceptors (Lipinski definition) is 6. The molecular weight excluding hydrogens is 408 g/mol. The summed E-state index contributed by atoms with van der Waals surface area (Å²) >= 11 is 1.31. The van der Waals surface area contributed by atoms with E-state index in [1.807, 2.05) is 39.8 Å². The predicted molar refractivity (Wildman–Crippen MR) is 113 cm³/mol. The second kappa shape index (κ2) is 8.81. The molecule has 0 unspecified atom stereocenters. The molecule has 1 saturated heterocycles. The summed E-state index contributed by atoms with van der Waals surface area (Å²) in [7, 11) is -3.55. The number of carbonyl (C=O) groups excluding carboxylic acids is 1. The summed E-state index contributed by atoms with van der Waals surface area (Å²) in [5.74, 6) is 0.216. The number of sulfonamides is 1. The first-order valence-corrected chi connectivity index (χ1v) is 11.9. The van der Waals surface area contributed by atoms with Gasteiger partial charge >= 0.3 is 0 Å². The first kappa shape index (κ1) is 21.7. The summed E-state index contributed by atoms with van der Waals surface area (Å²) < 4.78 is 27.3. The van der Waals surface area contributed by atoms with Crippen LogP contribution in [0, 0.1) is 27.7 Å². The van der Waals surface area contributed by atoms with E-state index in [4.69, 9.17) is 0 Å². The van der Waals surface area contributed by atoms with Gasteiger partial charge in [0.05, 0.1) is 10.6 Å². The van der Waals surface area contributed by atoms with Crippen LogP contribution in [0.3, 0.4) is 0 Å². The summed E-state index contributed by atoms with van der Waals surface area (Å²) in [4.78, 5) is 23.2. The second-order valence-corrected chi connectivity index (χ2v) is 10.1. The summed E-state index contributed by atoms with van der Waals surface area (Å²) in [5.41, 5.74) is 3.75. The molecule has 156 valence electrons. The van der Waals surface area contributed by atoms with Gasteiger partial charge in [0.1, 0.15) is 0 Å². The molecule has 1 aliphatic rings. The fraction of sp³-hybridized carbons (Fsp3) is 0.450. The molecular formula is C20H26N4O3S2. The molecule has 0 N–H and O–H groups in total. The number of nitrogens with zero attached hydrogens (tertiary/aromatic N) is 4. The average molecular weight is 435 g/mol. The zero-order chi connectivity index (χ0) is 21.2. The quantitative estimate of drug-likeness (QED) is 0.531. The van der Waals surface area contributed by atoms with Gasteiger partial charge in [-0.2, -0.15) is 4.31 Å². The standard InChI is InChI=1S/C20H26N4O3S2/c1-14-5-6-18(11-15(14)2)29(26,27)24-9-7-23(8-10-24)19(25)13-28-20-21-16(3)12-17(4)22-20/h5-6,11-12H,7-10,13H2,1-4H3. The fourth-order valence-corrected chi connectivity index (χ4v) is 5.54. The van der Waals surface area contributed by atoms with Crippen molar-refractivity contribution in [2.24, 2.45) is 0 Å². The molecule has 0 bridgehead atoms. The van der Waals surface area contributed by atoms with E-state index < -0.39 is 10.0 Å². The van der Waals surface area contributed by atoms with Crippen LogP contribution in [0.2, 0.25) is 0 Å². The maximum absolute atomic E-state index is 12.9. The van der Waals surface area contributed by atoms with E-state index in [1.165, 1.54) is 16.1 Å². The predicted octanol–water partition coefficient (Wildman–Crippen LogP) is 2.34. The lowest BCUT2D eigenvalue weighted by atomic mass is 10.1. The van der Waals surface area contributed by atoms with E-state index >= 15 is 0 Å². The minimum Gasteiger partial charge on any atom is -0.339 e. The van der Waals surface area contributed by atoms with Gasteiger partial charge < -0.3 is 4.90 Å². The van der Waals surface area contributed by atoms with E-state index in [0.29, 0.717) is 36.2 Å². The molecule has 0 saturated carbocycles. The number of benzene rings is 1. The third kappa shape index (κ3) is 5.15. The van der Waals surface area contributed by atoms with Crippen molar-refractivity contribution in [3.63, 3.8) is 0 Å². The summed E-state index contributed by atoms with van der Waals surface area (Å²) in [6, 6.07) is 7.08. The topological polar surface area (TPSA) is 83.5 Å². The van der Waals surface area contributed by atoms with Gasteiger partial charge in [-0.05, 0) is 57.0 Å². The molecule has 0 atom stereocenters. The second-order valence-electron chi connectivity index (χ2n) is 7.25. The first-order chi connectivity index (χ1) is 13.7. The normalized spacial score (nSPS) is 15.5. The SMILES string of the molecule is Cc1cc(C)nc(SCC(=O)N2CCN(S(=O)(=O)c3ccc(C)c(C)c3)CC2)n1. The summed E-state index contributed by atoms with van der Waals surface area (Å²) in [6.07, 6.45) is 0. The van der Waals surface area contributed by atoms with Crippen LogP contribution in [-0.4, -0.2) is 65.4 Å². The van der Waals surface area contributed by atoms with Gasteiger partial charge in [-0.15, -0.1) is 0 Å². The van der Waals surface area contributed by atoms with E-state index in [9.17, 15) is 13.2 Å². The molecule has 1 fully saturated rings. The Morgan fingerprint density at radius 2 is 1.59 bits per heavy atom. The Bertz CT molecular complexity index is 996. The van der Waals surface area contributed by atoms with Crippen LogP contribution in [-0.2, 0) is 14.8 Å². The number of carbonyl (C=O) groups is 1. The number of piperazine rings is 1. The van der Waals surface area contributed by atoms with Crippen LogP contribution < -0.4 is 0 Å². The maximum atomic E-state index is 12.9. The van der Waals surface area contributed by atoms with Crippen molar-refractivity contribution in [2.45, 2.75) is 37.7 Å². The van der Waals surface area contributed by atoms with Crippen LogP contribution in [0.25, 0.3) is 0 Å². The highest BCUT2D eigenvalue weighted by atomic mass is 32.2. The lowest BCUT2D eigenvalue weighted by Gasteiger charge is -2.34. The molecule has 1 aromatic carbocycles. The summed E-state index contributed by atoms with van der Waals surface area (Å²) in [6.45, 7) is 9.02. The van der Waals surface area contributed by atoms with Crippen LogP contribution in [0.5, 0.6) is 0 Å². The molecule has 1 amide bonds. The van der Waals surface area contributed by atoms with Crippen molar-refractivity contribution in [2.75, 3.05) is 31.9 Å². The van der Waals surface area contributed by atoms with Crippen molar-refractivity contribution in [3.8, 4) is 0 Å². The van der Waals surface area contributed by atoms with Crippen LogP contribution in [0.1, 0.15) is 22.5 Å². The molecule has 9 heteroatoms. The van der Waals surface area contributed by atoms with Gasteiger partial charge in [-0.3, -0.25) is 4.79 Å². The number of aromatic nitrogens is 2. The van der Waals surface area contributed by atoms with Crippen LogP contribution >= 0.6 is 11.8 Å². The Labute approximate surface area is 176 Å². The Morgan fingerprint density at radius 1 is 0.966 bits per heavy atom. The van der Waals surface area contributed by atoms with Gasteiger partial charge in [-0.1, -0.05) is 17.8 Å². The van der Waals surface area contributed by atoms with Crippen molar-refractivity contribution in [1.29, 1.82) is 0 Å². The molecule has 3 rings (SSSR count). The molecule has 7 nitrogen and oxygen atoms in total. The lowest BCUT2D eigenvalue weighted by Crippen LogP contribution is -2.51. The Hall–Kier alpha value is -1.97. The minimum atomic E-state index is -3.55. The monoisotopic (exact) mass is 434 g/mol. The maximum Gasteiger partial charge on any atom is 0.243 e. The fourth-order valence-electron chi connectivity index (χ4n) is 3.18. The van der Waals surface area contributed by atoms with Gasteiger partial charge in [-0.25, -0.2) is 18.4 Å².